The van der Waals surface area contributed by atoms with Crippen molar-refractivity contribution in [2.75, 3.05) is 31.7 Å². The average Bonchev–Trinajstić information content (AvgIpc) is 3.57. The number of aromatic nitrogens is 3. The number of carbonyl (C=O) groups is 1. The summed E-state index contributed by atoms with van der Waals surface area (Å²) in [5, 5.41) is 4.41. The first-order chi connectivity index (χ1) is 17.9. The summed E-state index contributed by atoms with van der Waals surface area (Å²) in [7, 11) is -2.58. The minimum Gasteiger partial charge on any atom is -0.465 e. The Balaban J connectivity index is 1.52. The van der Waals surface area contributed by atoms with E-state index in [0.29, 0.717) is 41.7 Å². The lowest BCUT2D eigenvalue weighted by molar-refractivity contribution is 0.0600. The molecule has 0 bridgehead atoms. The van der Waals surface area contributed by atoms with Gasteiger partial charge in [-0.15, -0.1) is 5.10 Å². The van der Waals surface area contributed by atoms with Gasteiger partial charge in [-0.2, -0.15) is 4.98 Å². The summed E-state index contributed by atoms with van der Waals surface area (Å²) in [5.74, 6) is -0.0873. The Kier molecular flexibility index (Phi) is 8.21. The van der Waals surface area contributed by atoms with Crippen LogP contribution in [0.5, 0.6) is 6.01 Å². The first kappa shape index (κ1) is 25.9. The summed E-state index contributed by atoms with van der Waals surface area (Å²) < 4.78 is 50.8. The van der Waals surface area contributed by atoms with Gasteiger partial charge in [0.1, 0.15) is 6.61 Å². The van der Waals surface area contributed by atoms with Crippen LogP contribution in [0.2, 0.25) is 0 Å². The number of ether oxygens (including phenoxy) is 3. The van der Waals surface area contributed by atoms with E-state index < -0.39 is 21.7 Å². The van der Waals surface area contributed by atoms with Crippen molar-refractivity contribution in [2.45, 2.75) is 12.7 Å². The van der Waals surface area contributed by atoms with Gasteiger partial charge in [0.25, 0.3) is 0 Å². The van der Waals surface area contributed by atoms with Crippen LogP contribution in [-0.4, -0.2) is 56.1 Å². The summed E-state index contributed by atoms with van der Waals surface area (Å²) in [4.78, 5) is 16.4. The number of benzene rings is 2. The minimum absolute atomic E-state index is 0.153. The number of hydrogen-bond donors (Lipinski definition) is 1. The van der Waals surface area contributed by atoms with E-state index in [9.17, 15) is 13.2 Å². The molecule has 2 heterocycles. The zero-order valence-electron chi connectivity index (χ0n) is 20.3. The van der Waals surface area contributed by atoms with E-state index >= 15 is 0 Å². The van der Waals surface area contributed by atoms with Crippen LogP contribution in [0.4, 0.5) is 5.69 Å². The summed E-state index contributed by atoms with van der Waals surface area (Å²) in [6.45, 7) is 3.17. The third kappa shape index (κ3) is 6.54. The van der Waals surface area contributed by atoms with Gasteiger partial charge in [-0.05, 0) is 55.0 Å². The SMILES string of the molecule is CCOCCOc1nc(-c2ccco2)n(-c2ccc(NS(=O)(=O)Cc3ccccc3C(=O)OC)cc2)n1. The van der Waals surface area contributed by atoms with Crippen molar-refractivity contribution in [1.29, 1.82) is 0 Å². The monoisotopic (exact) mass is 526 g/mol. The van der Waals surface area contributed by atoms with E-state index in [1.165, 1.54) is 19.4 Å². The quantitative estimate of drug-likeness (QED) is 0.217. The molecule has 0 spiro atoms. The highest BCUT2D eigenvalue weighted by atomic mass is 32.2. The molecule has 37 heavy (non-hydrogen) atoms. The van der Waals surface area contributed by atoms with Crippen LogP contribution in [0, 0.1) is 0 Å². The van der Waals surface area contributed by atoms with Crippen molar-refractivity contribution in [3.63, 3.8) is 0 Å². The van der Waals surface area contributed by atoms with Gasteiger partial charge < -0.3 is 18.6 Å². The molecule has 12 heteroatoms. The Morgan fingerprint density at radius 2 is 1.84 bits per heavy atom. The Hall–Kier alpha value is -4.16. The number of rotatable bonds is 12. The number of carbonyl (C=O) groups excluding carboxylic acids is 1. The number of anilines is 1. The fourth-order valence-corrected chi connectivity index (χ4v) is 4.71. The van der Waals surface area contributed by atoms with Gasteiger partial charge in [0.05, 0.1) is 37.0 Å². The van der Waals surface area contributed by atoms with E-state index in [-0.39, 0.29) is 18.2 Å². The number of nitrogens with one attached hydrogen (secondary N) is 1. The van der Waals surface area contributed by atoms with Crippen LogP contribution in [0.1, 0.15) is 22.8 Å². The smallest absolute Gasteiger partial charge is 0.338 e. The molecule has 4 rings (SSSR count). The second-order valence-corrected chi connectivity index (χ2v) is 9.43. The van der Waals surface area contributed by atoms with Gasteiger partial charge >= 0.3 is 12.0 Å². The van der Waals surface area contributed by atoms with E-state index in [1.54, 1.807) is 59.3 Å². The molecule has 2 aromatic heterocycles. The highest BCUT2D eigenvalue weighted by Gasteiger charge is 2.20. The van der Waals surface area contributed by atoms with Crippen molar-refractivity contribution < 1.29 is 31.8 Å². The number of esters is 1. The normalized spacial score (nSPS) is 11.3. The molecule has 4 aromatic rings. The van der Waals surface area contributed by atoms with Crippen molar-refractivity contribution in [1.82, 2.24) is 14.8 Å². The van der Waals surface area contributed by atoms with Crippen molar-refractivity contribution in [2.24, 2.45) is 0 Å². The van der Waals surface area contributed by atoms with Crippen LogP contribution in [0.25, 0.3) is 17.3 Å². The van der Waals surface area contributed by atoms with Crippen LogP contribution in [0.15, 0.2) is 71.3 Å². The van der Waals surface area contributed by atoms with E-state index in [4.69, 9.17) is 18.6 Å². The molecule has 0 saturated carbocycles. The lowest BCUT2D eigenvalue weighted by Crippen LogP contribution is -2.17. The summed E-state index contributed by atoms with van der Waals surface area (Å²) in [6.07, 6.45) is 1.53. The van der Waals surface area contributed by atoms with Gasteiger partial charge in [0.2, 0.25) is 15.8 Å². The van der Waals surface area contributed by atoms with Gasteiger partial charge in [-0.1, -0.05) is 18.2 Å². The molecular formula is C25H26N4O7S. The van der Waals surface area contributed by atoms with Gasteiger partial charge in [0, 0.05) is 12.3 Å². The minimum atomic E-state index is -3.82. The zero-order valence-corrected chi connectivity index (χ0v) is 21.1. The highest BCUT2D eigenvalue weighted by Crippen LogP contribution is 2.25. The molecule has 0 saturated heterocycles. The molecule has 0 radical (unpaired) electrons. The number of hydrogen-bond acceptors (Lipinski definition) is 9. The second-order valence-electron chi connectivity index (χ2n) is 7.71. The maximum absolute atomic E-state index is 12.8. The predicted octanol–water partition coefficient (Wildman–Crippen LogP) is 3.67. The molecule has 0 aliphatic heterocycles. The Labute approximate surface area is 214 Å². The molecule has 2 aromatic carbocycles. The lowest BCUT2D eigenvalue weighted by atomic mass is 10.1. The Morgan fingerprint density at radius 1 is 1.05 bits per heavy atom. The van der Waals surface area contributed by atoms with Crippen molar-refractivity contribution in [3.05, 3.63) is 78.1 Å². The van der Waals surface area contributed by atoms with Crippen LogP contribution in [-0.2, 0) is 25.2 Å². The average molecular weight is 527 g/mol. The number of nitrogens with zero attached hydrogens (tertiary/aromatic N) is 3. The van der Waals surface area contributed by atoms with Gasteiger partial charge in [-0.25, -0.2) is 17.9 Å². The van der Waals surface area contributed by atoms with Crippen molar-refractivity contribution >= 4 is 21.7 Å². The molecular weight excluding hydrogens is 500 g/mol. The molecule has 0 amide bonds. The largest absolute Gasteiger partial charge is 0.465 e. The maximum Gasteiger partial charge on any atom is 0.338 e. The molecule has 0 aliphatic rings. The highest BCUT2D eigenvalue weighted by molar-refractivity contribution is 7.91. The van der Waals surface area contributed by atoms with E-state index in [2.05, 4.69) is 14.8 Å². The third-order valence-electron chi connectivity index (χ3n) is 5.15. The lowest BCUT2D eigenvalue weighted by Gasteiger charge is -2.11. The van der Waals surface area contributed by atoms with E-state index in [1.807, 2.05) is 6.92 Å². The fraction of sp³-hybridized carbons (Fsp3) is 0.240. The topological polar surface area (TPSA) is 135 Å². The molecule has 194 valence electrons. The van der Waals surface area contributed by atoms with Crippen LogP contribution >= 0.6 is 0 Å². The zero-order chi connectivity index (χ0) is 26.3. The molecule has 0 fully saturated rings. The molecule has 1 N–H and O–H groups in total. The third-order valence-corrected chi connectivity index (χ3v) is 6.38. The first-order valence-electron chi connectivity index (χ1n) is 11.4. The first-order valence-corrected chi connectivity index (χ1v) is 13.0. The summed E-state index contributed by atoms with van der Waals surface area (Å²) in [5.41, 5.74) is 1.48. The molecule has 0 atom stereocenters. The summed E-state index contributed by atoms with van der Waals surface area (Å²) >= 11 is 0. The maximum atomic E-state index is 12.8. The molecule has 11 nitrogen and oxygen atoms in total. The standard InChI is InChI=1S/C25H26N4O7S/c1-3-34-15-16-36-25-26-23(22-9-6-14-35-22)29(27-25)20-12-10-19(11-13-20)28-37(31,32)17-18-7-4-5-8-21(18)24(30)33-2/h4-14,28H,3,15-17H2,1-2H3. The Bertz CT molecular complexity index is 1430. The van der Waals surface area contributed by atoms with Crippen molar-refractivity contribution in [3.8, 4) is 23.3 Å². The molecule has 0 aliphatic carbocycles. The fourth-order valence-electron chi connectivity index (χ4n) is 3.48. The number of furan rings is 1. The van der Waals surface area contributed by atoms with Gasteiger partial charge in [-0.3, -0.25) is 4.72 Å². The van der Waals surface area contributed by atoms with Crippen LogP contribution < -0.4 is 9.46 Å². The second kappa shape index (κ2) is 11.7. The van der Waals surface area contributed by atoms with Gasteiger partial charge in [0.15, 0.2) is 5.76 Å². The van der Waals surface area contributed by atoms with Crippen LogP contribution in [0.3, 0.4) is 0 Å². The summed E-state index contributed by atoms with van der Waals surface area (Å²) in [6, 6.07) is 16.6. The Morgan fingerprint density at radius 3 is 2.54 bits per heavy atom. The number of methoxy groups -OCH3 is 1. The molecule has 0 unspecified atom stereocenters. The number of sulfonamides is 1. The predicted molar refractivity (Wildman–Crippen MR) is 135 cm³/mol. The van der Waals surface area contributed by atoms with E-state index in [0.717, 1.165) is 0 Å².